The lowest BCUT2D eigenvalue weighted by Gasteiger charge is -2.02. The number of hydrogen-bond donors (Lipinski definition) is 1. The van der Waals surface area contributed by atoms with Gasteiger partial charge in [0.15, 0.2) is 0 Å². The van der Waals surface area contributed by atoms with Crippen LogP contribution in [0.1, 0.15) is 0 Å². The third-order valence-electron chi connectivity index (χ3n) is 0.787. The van der Waals surface area contributed by atoms with Crippen molar-refractivity contribution in [2.24, 2.45) is 0 Å². The van der Waals surface area contributed by atoms with Crippen LogP contribution >= 0.6 is 11.6 Å². The van der Waals surface area contributed by atoms with E-state index in [-0.39, 0.29) is 0 Å². The van der Waals surface area contributed by atoms with Gasteiger partial charge in [0.1, 0.15) is 0 Å². The van der Waals surface area contributed by atoms with Crippen molar-refractivity contribution in [1.82, 2.24) is 0 Å². The first-order chi connectivity index (χ1) is 5.45. The molecule has 0 fully saturated rings. The average molecular weight is 191 g/mol. The van der Waals surface area contributed by atoms with E-state index in [0.29, 0.717) is 12.2 Å². The van der Waals surface area contributed by atoms with E-state index in [1.165, 1.54) is 0 Å². The SMILES string of the molecule is O=C(O)/C([O-])=C\C=C(\Cl)C(=O)[O-]. The molecule has 0 aliphatic heterocycles. The Balaban J connectivity index is 4.48. The minimum atomic E-state index is -1.69. The molecule has 0 heterocycles. The lowest BCUT2D eigenvalue weighted by Crippen LogP contribution is -2.22. The Morgan fingerprint density at radius 3 is 2.08 bits per heavy atom. The highest BCUT2D eigenvalue weighted by Crippen LogP contribution is 1.99. The number of carboxylic acids is 2. The van der Waals surface area contributed by atoms with Crippen molar-refractivity contribution in [3.63, 3.8) is 0 Å². The van der Waals surface area contributed by atoms with Crippen LogP contribution in [0.15, 0.2) is 22.9 Å². The van der Waals surface area contributed by atoms with Crippen molar-refractivity contribution >= 4 is 23.5 Å². The zero-order valence-electron chi connectivity index (χ0n) is 5.61. The maximum atomic E-state index is 10.3. The summed E-state index contributed by atoms with van der Waals surface area (Å²) in [7, 11) is 0. The number of halogens is 1. The summed E-state index contributed by atoms with van der Waals surface area (Å²) in [5.74, 6) is -4.62. The van der Waals surface area contributed by atoms with Gasteiger partial charge in [0.05, 0.1) is 11.0 Å². The normalized spacial score (nSPS) is 12.8. The Morgan fingerprint density at radius 1 is 1.25 bits per heavy atom. The number of aliphatic carboxylic acids is 2. The lowest BCUT2D eigenvalue weighted by molar-refractivity contribution is -0.302. The van der Waals surface area contributed by atoms with Gasteiger partial charge < -0.3 is 20.1 Å². The third kappa shape index (κ3) is 3.62. The molecule has 0 saturated carbocycles. The molecule has 0 rings (SSSR count). The smallest absolute Gasteiger partial charge is 0.320 e. The van der Waals surface area contributed by atoms with E-state index in [2.05, 4.69) is 0 Å². The van der Waals surface area contributed by atoms with Gasteiger partial charge in [0.25, 0.3) is 0 Å². The van der Waals surface area contributed by atoms with Crippen LogP contribution in [0.5, 0.6) is 0 Å². The molecular weight excluding hydrogens is 188 g/mol. The van der Waals surface area contributed by atoms with E-state index in [0.717, 1.165) is 0 Å². The van der Waals surface area contributed by atoms with E-state index in [9.17, 15) is 19.8 Å². The van der Waals surface area contributed by atoms with Crippen LogP contribution in [0.3, 0.4) is 0 Å². The van der Waals surface area contributed by atoms with Gasteiger partial charge in [-0.2, -0.15) is 0 Å². The second-order valence-electron chi connectivity index (χ2n) is 1.64. The summed E-state index contributed by atoms with van der Waals surface area (Å²) in [5.41, 5.74) is 0. The van der Waals surface area contributed by atoms with E-state index < -0.39 is 22.7 Å². The largest absolute Gasteiger partial charge is 0.868 e. The molecule has 0 atom stereocenters. The molecule has 0 amide bonds. The molecule has 66 valence electrons. The number of rotatable bonds is 3. The third-order valence-corrected chi connectivity index (χ3v) is 1.07. The van der Waals surface area contributed by atoms with Crippen LogP contribution in [0, 0.1) is 0 Å². The average Bonchev–Trinajstić information content (AvgIpc) is 1.98. The number of hydrogen-bond acceptors (Lipinski definition) is 4. The van der Waals surface area contributed by atoms with Gasteiger partial charge in [0, 0.05) is 0 Å². The number of allylic oxidation sites excluding steroid dienone is 2. The predicted molar refractivity (Wildman–Crippen MR) is 34.7 cm³/mol. The molecule has 0 aromatic rings. The highest BCUT2D eigenvalue weighted by molar-refractivity contribution is 6.40. The molecular formula is C6H3ClO5-2. The summed E-state index contributed by atoms with van der Waals surface area (Å²) in [6, 6.07) is 0. The first-order valence-electron chi connectivity index (χ1n) is 2.64. The van der Waals surface area contributed by atoms with Gasteiger partial charge in [-0.05, 0) is 11.8 Å². The first kappa shape index (κ1) is 10.5. The summed E-state index contributed by atoms with van der Waals surface area (Å²) < 4.78 is 0. The van der Waals surface area contributed by atoms with Crippen LogP contribution in [-0.2, 0) is 9.59 Å². The lowest BCUT2D eigenvalue weighted by atomic mass is 10.4. The molecule has 0 aliphatic rings. The predicted octanol–water partition coefficient (Wildman–Crippen LogP) is -1.81. The molecule has 0 saturated heterocycles. The minimum Gasteiger partial charge on any atom is -0.868 e. The quantitative estimate of drug-likeness (QED) is 0.321. The molecule has 5 nitrogen and oxygen atoms in total. The summed E-state index contributed by atoms with van der Waals surface area (Å²) in [5, 5.41) is 27.5. The van der Waals surface area contributed by atoms with E-state index in [4.69, 9.17) is 16.7 Å². The van der Waals surface area contributed by atoms with Crippen LogP contribution in [0.2, 0.25) is 0 Å². The van der Waals surface area contributed by atoms with Crippen LogP contribution < -0.4 is 10.2 Å². The Labute approximate surface area is 72.2 Å². The Morgan fingerprint density at radius 2 is 1.75 bits per heavy atom. The molecule has 12 heavy (non-hydrogen) atoms. The van der Waals surface area contributed by atoms with Gasteiger partial charge in [-0.3, -0.25) is 0 Å². The molecule has 0 aromatic carbocycles. The summed E-state index contributed by atoms with van der Waals surface area (Å²) in [6.07, 6.45) is 1.17. The molecule has 0 radical (unpaired) electrons. The summed E-state index contributed by atoms with van der Waals surface area (Å²) >= 11 is 4.99. The summed E-state index contributed by atoms with van der Waals surface area (Å²) in [4.78, 5) is 19.8. The van der Waals surface area contributed by atoms with Crippen molar-refractivity contribution in [3.8, 4) is 0 Å². The second-order valence-corrected chi connectivity index (χ2v) is 2.05. The van der Waals surface area contributed by atoms with Crippen LogP contribution in [-0.4, -0.2) is 17.0 Å². The monoisotopic (exact) mass is 190 g/mol. The zero-order valence-corrected chi connectivity index (χ0v) is 6.37. The van der Waals surface area contributed by atoms with Crippen molar-refractivity contribution in [1.29, 1.82) is 0 Å². The molecule has 6 heteroatoms. The molecule has 1 N–H and O–H groups in total. The zero-order chi connectivity index (χ0) is 9.72. The fourth-order valence-electron chi connectivity index (χ4n) is 0.288. The van der Waals surface area contributed by atoms with Gasteiger partial charge in [0.2, 0.25) is 0 Å². The maximum absolute atomic E-state index is 10.3. The van der Waals surface area contributed by atoms with E-state index in [1.807, 2.05) is 0 Å². The van der Waals surface area contributed by atoms with Crippen molar-refractivity contribution in [2.45, 2.75) is 0 Å². The van der Waals surface area contributed by atoms with Gasteiger partial charge in [-0.25, -0.2) is 4.79 Å². The summed E-state index contributed by atoms with van der Waals surface area (Å²) in [6.45, 7) is 0. The molecule has 0 aliphatic carbocycles. The highest BCUT2D eigenvalue weighted by atomic mass is 35.5. The van der Waals surface area contributed by atoms with Gasteiger partial charge in [-0.1, -0.05) is 17.7 Å². The maximum Gasteiger partial charge on any atom is 0.320 e. The molecule has 0 unspecified atom stereocenters. The Kier molecular flexibility index (Phi) is 3.85. The number of carbonyl (C=O) groups is 2. The minimum absolute atomic E-state index is 0.528. The van der Waals surface area contributed by atoms with E-state index >= 15 is 0 Å². The molecule has 0 spiro atoms. The van der Waals surface area contributed by atoms with Crippen LogP contribution in [0.4, 0.5) is 0 Å². The fraction of sp³-hybridized carbons (Fsp3) is 0. The standard InChI is InChI=1S/C6H5ClO5/c7-3(5(9)10)1-2-4(8)6(11)12/h1-2,8H,(H,9,10)(H,11,12)/p-2/b3-1+,4-2+. The van der Waals surface area contributed by atoms with Gasteiger partial charge in [-0.15, -0.1) is 0 Å². The number of carboxylic acid groups (broad SMARTS) is 2. The van der Waals surface area contributed by atoms with Crippen molar-refractivity contribution in [3.05, 3.63) is 22.9 Å². The van der Waals surface area contributed by atoms with Crippen LogP contribution in [0.25, 0.3) is 0 Å². The second kappa shape index (κ2) is 4.40. The van der Waals surface area contributed by atoms with Gasteiger partial charge >= 0.3 is 5.97 Å². The highest BCUT2D eigenvalue weighted by Gasteiger charge is 1.92. The molecule has 0 aromatic heterocycles. The topological polar surface area (TPSA) is 100 Å². The molecule has 0 bridgehead atoms. The number of carbonyl (C=O) groups excluding carboxylic acids is 1. The van der Waals surface area contributed by atoms with Crippen molar-refractivity contribution < 1.29 is 24.9 Å². The van der Waals surface area contributed by atoms with E-state index in [1.54, 1.807) is 0 Å². The first-order valence-corrected chi connectivity index (χ1v) is 3.02. The Hall–Kier alpha value is -1.49. The van der Waals surface area contributed by atoms with Crippen molar-refractivity contribution in [2.75, 3.05) is 0 Å². The fourth-order valence-corrected chi connectivity index (χ4v) is 0.351. The Bertz CT molecular complexity index is 237.